The zero-order valence-electron chi connectivity index (χ0n) is 13.2. The third-order valence-electron chi connectivity index (χ3n) is 4.09. The van der Waals surface area contributed by atoms with Crippen LogP contribution in [0.1, 0.15) is 24.9 Å². The van der Waals surface area contributed by atoms with Gasteiger partial charge in [-0.1, -0.05) is 11.6 Å². The normalized spacial score (nSPS) is 21.0. The lowest BCUT2D eigenvalue weighted by Crippen LogP contribution is -2.31. The molecule has 1 heterocycles. The summed E-state index contributed by atoms with van der Waals surface area (Å²) in [6.45, 7) is 4.02. The lowest BCUT2D eigenvalue weighted by molar-refractivity contribution is 0.394. The molecule has 0 unspecified atom stereocenters. The maximum absolute atomic E-state index is 11.5. The molecule has 1 N–H and O–H groups in total. The highest BCUT2D eigenvalue weighted by Gasteiger charge is 2.28. The minimum atomic E-state index is -3.07. The van der Waals surface area contributed by atoms with Crippen LogP contribution < -0.4 is 10.1 Å². The Balaban J connectivity index is 1.94. The summed E-state index contributed by atoms with van der Waals surface area (Å²) in [5.41, 5.74) is 1.01. The van der Waals surface area contributed by atoms with Crippen LogP contribution in [0.5, 0.6) is 5.75 Å². The average molecular weight is 347 g/mol. The molecule has 1 saturated heterocycles. The second kappa shape index (κ2) is 7.17. The zero-order chi connectivity index (χ0) is 16.3. The summed E-state index contributed by atoms with van der Waals surface area (Å²) in [6.07, 6.45) is 2.15. The Labute approximate surface area is 137 Å². The van der Waals surface area contributed by atoms with Crippen LogP contribution in [0.15, 0.2) is 18.2 Å². The summed E-state index contributed by atoms with van der Waals surface area (Å²) in [5.74, 6) is 1.14. The van der Waals surface area contributed by atoms with Crippen LogP contribution in [-0.4, -0.2) is 45.7 Å². The molecule has 0 radical (unpaired) electrons. The number of hydrogen-bond donors (Lipinski definition) is 1. The van der Waals surface area contributed by atoms with Crippen LogP contribution in [0.25, 0.3) is 0 Å². The molecular weight excluding hydrogens is 324 g/mol. The Morgan fingerprint density at radius 1 is 1.50 bits per heavy atom. The van der Waals surface area contributed by atoms with Crippen molar-refractivity contribution in [2.45, 2.75) is 19.4 Å². The van der Waals surface area contributed by atoms with Gasteiger partial charge < -0.3 is 10.1 Å². The lowest BCUT2D eigenvalue weighted by Gasteiger charge is -2.20. The number of rotatable bonds is 6. The Hall–Kier alpha value is -0.820. The first-order valence-electron chi connectivity index (χ1n) is 7.33. The predicted molar refractivity (Wildman–Crippen MR) is 88.9 cm³/mol. The number of benzene rings is 1. The smallest absolute Gasteiger partial charge is 0.211 e. The van der Waals surface area contributed by atoms with Gasteiger partial charge in [0.1, 0.15) is 5.75 Å². The van der Waals surface area contributed by atoms with Crippen molar-refractivity contribution < 1.29 is 13.2 Å². The minimum absolute atomic E-state index is 0.0842. The molecule has 0 spiro atoms. The quantitative estimate of drug-likeness (QED) is 0.858. The van der Waals surface area contributed by atoms with Gasteiger partial charge in [-0.15, -0.1) is 0 Å². The maximum Gasteiger partial charge on any atom is 0.211 e. The molecule has 2 atom stereocenters. The van der Waals surface area contributed by atoms with E-state index < -0.39 is 10.0 Å². The van der Waals surface area contributed by atoms with Crippen molar-refractivity contribution in [2.24, 2.45) is 5.92 Å². The van der Waals surface area contributed by atoms with Crippen LogP contribution in [0, 0.1) is 5.92 Å². The third kappa shape index (κ3) is 4.35. The van der Waals surface area contributed by atoms with Crippen molar-refractivity contribution >= 4 is 21.6 Å². The summed E-state index contributed by atoms with van der Waals surface area (Å²) in [7, 11) is -1.44. The summed E-state index contributed by atoms with van der Waals surface area (Å²) >= 11 is 6.06. The van der Waals surface area contributed by atoms with E-state index in [9.17, 15) is 8.42 Å². The first-order chi connectivity index (χ1) is 10.3. The Morgan fingerprint density at radius 3 is 2.82 bits per heavy atom. The highest BCUT2D eigenvalue weighted by Crippen LogP contribution is 2.28. The van der Waals surface area contributed by atoms with Gasteiger partial charge in [0.05, 0.1) is 13.4 Å². The summed E-state index contributed by atoms with van der Waals surface area (Å²) in [5, 5.41) is 4.13. The highest BCUT2D eigenvalue weighted by molar-refractivity contribution is 7.88. The molecule has 1 aliphatic rings. The molecular formula is C15H23ClN2O3S. The molecule has 124 valence electrons. The van der Waals surface area contributed by atoms with Gasteiger partial charge >= 0.3 is 0 Å². The maximum atomic E-state index is 11.5. The Morgan fingerprint density at radius 2 is 2.23 bits per heavy atom. The fourth-order valence-electron chi connectivity index (χ4n) is 2.76. The third-order valence-corrected chi connectivity index (χ3v) is 5.59. The van der Waals surface area contributed by atoms with E-state index >= 15 is 0 Å². The minimum Gasteiger partial charge on any atom is -0.496 e. The number of methoxy groups -OCH3 is 1. The molecule has 0 aromatic heterocycles. The van der Waals surface area contributed by atoms with Crippen LogP contribution in [-0.2, 0) is 10.0 Å². The molecule has 0 saturated carbocycles. The van der Waals surface area contributed by atoms with Gasteiger partial charge in [0, 0.05) is 29.7 Å². The van der Waals surface area contributed by atoms with Crippen molar-refractivity contribution in [3.05, 3.63) is 28.8 Å². The van der Waals surface area contributed by atoms with E-state index in [2.05, 4.69) is 12.2 Å². The number of nitrogens with zero attached hydrogens (tertiary/aromatic N) is 1. The number of nitrogens with one attached hydrogen (secondary N) is 1. The lowest BCUT2D eigenvalue weighted by atomic mass is 10.0. The van der Waals surface area contributed by atoms with E-state index in [0.717, 1.165) is 24.3 Å². The van der Waals surface area contributed by atoms with E-state index in [0.29, 0.717) is 24.0 Å². The van der Waals surface area contributed by atoms with E-state index in [-0.39, 0.29) is 6.04 Å². The molecule has 7 heteroatoms. The van der Waals surface area contributed by atoms with Gasteiger partial charge in [0.15, 0.2) is 0 Å². The van der Waals surface area contributed by atoms with Crippen molar-refractivity contribution in [3.8, 4) is 5.75 Å². The van der Waals surface area contributed by atoms with Gasteiger partial charge in [-0.2, -0.15) is 0 Å². The van der Waals surface area contributed by atoms with Gasteiger partial charge in [0.2, 0.25) is 10.0 Å². The van der Waals surface area contributed by atoms with Gasteiger partial charge in [-0.05, 0) is 44.0 Å². The van der Waals surface area contributed by atoms with Gasteiger partial charge in [-0.3, -0.25) is 0 Å². The standard InChI is InChI=1S/C15H23ClN2O3S/c1-11(14-8-13(16)4-5-15(14)21-2)17-9-12-6-7-18(10-12)22(3,19)20/h4-5,8,11-12,17H,6-7,9-10H2,1-3H3/t11-,12-/m1/s1. The Bertz CT molecular complexity index is 621. The highest BCUT2D eigenvalue weighted by atomic mass is 35.5. The zero-order valence-corrected chi connectivity index (χ0v) is 14.7. The molecule has 22 heavy (non-hydrogen) atoms. The van der Waals surface area contributed by atoms with Crippen LogP contribution in [0.3, 0.4) is 0 Å². The molecule has 1 aliphatic heterocycles. The van der Waals surface area contributed by atoms with Crippen molar-refractivity contribution in [3.63, 3.8) is 0 Å². The fourth-order valence-corrected chi connectivity index (χ4v) is 3.86. The molecule has 1 aromatic carbocycles. The van der Waals surface area contributed by atoms with E-state index in [1.165, 1.54) is 6.26 Å². The summed E-state index contributed by atoms with van der Waals surface area (Å²) < 4.78 is 30.0. The molecule has 1 fully saturated rings. The number of sulfonamides is 1. The van der Waals surface area contributed by atoms with Gasteiger partial charge in [0.25, 0.3) is 0 Å². The largest absolute Gasteiger partial charge is 0.496 e. The monoisotopic (exact) mass is 346 g/mol. The molecule has 0 aliphatic carbocycles. The second-order valence-corrected chi connectivity index (χ2v) is 8.21. The van der Waals surface area contributed by atoms with E-state index in [4.69, 9.17) is 16.3 Å². The number of hydrogen-bond acceptors (Lipinski definition) is 4. The summed E-state index contributed by atoms with van der Waals surface area (Å²) in [4.78, 5) is 0. The fraction of sp³-hybridized carbons (Fsp3) is 0.600. The molecule has 2 rings (SSSR count). The molecule has 0 bridgehead atoms. The Kier molecular flexibility index (Phi) is 5.71. The van der Waals surface area contributed by atoms with Crippen molar-refractivity contribution in [2.75, 3.05) is 33.0 Å². The first-order valence-corrected chi connectivity index (χ1v) is 9.56. The number of ether oxygens (including phenoxy) is 1. The second-order valence-electron chi connectivity index (χ2n) is 5.79. The molecule has 5 nitrogen and oxygen atoms in total. The predicted octanol–water partition coefficient (Wildman–Crippen LogP) is 2.28. The average Bonchev–Trinajstić information content (AvgIpc) is 2.93. The molecule has 0 amide bonds. The number of halogens is 1. The summed E-state index contributed by atoms with van der Waals surface area (Å²) in [6, 6.07) is 5.64. The van der Waals surface area contributed by atoms with Crippen LogP contribution in [0.2, 0.25) is 5.02 Å². The van der Waals surface area contributed by atoms with E-state index in [1.54, 1.807) is 17.5 Å². The van der Waals surface area contributed by atoms with Crippen molar-refractivity contribution in [1.82, 2.24) is 9.62 Å². The topological polar surface area (TPSA) is 58.6 Å². The van der Waals surface area contributed by atoms with E-state index in [1.807, 2.05) is 12.1 Å². The van der Waals surface area contributed by atoms with Crippen LogP contribution >= 0.6 is 11.6 Å². The SMILES string of the molecule is COc1ccc(Cl)cc1[C@@H](C)NC[C@H]1CCN(S(C)(=O)=O)C1. The van der Waals surface area contributed by atoms with Crippen LogP contribution in [0.4, 0.5) is 0 Å². The first kappa shape index (κ1) is 17.5. The van der Waals surface area contributed by atoms with Gasteiger partial charge in [-0.25, -0.2) is 12.7 Å². The molecule has 1 aromatic rings. The van der Waals surface area contributed by atoms with Crippen molar-refractivity contribution in [1.29, 1.82) is 0 Å².